The van der Waals surface area contributed by atoms with Crippen molar-refractivity contribution < 1.29 is 23.8 Å². The predicted octanol–water partition coefficient (Wildman–Crippen LogP) is 3.64. The summed E-state index contributed by atoms with van der Waals surface area (Å²) in [6.45, 7) is 6.93. The highest BCUT2D eigenvalue weighted by molar-refractivity contribution is 7.10. The summed E-state index contributed by atoms with van der Waals surface area (Å²) in [5.41, 5.74) is -0.367. The molecule has 6 heteroatoms. The molecule has 1 aromatic heterocycles. The minimum Gasteiger partial charge on any atom is -0.457 e. The highest BCUT2D eigenvalue weighted by Crippen LogP contribution is 2.21. The highest BCUT2D eigenvalue weighted by Gasteiger charge is 2.26. The predicted molar refractivity (Wildman–Crippen MR) is 81.1 cm³/mol. The van der Waals surface area contributed by atoms with Gasteiger partial charge in [-0.3, -0.25) is 0 Å². The molecule has 0 aromatic carbocycles. The molecule has 0 saturated carbocycles. The van der Waals surface area contributed by atoms with E-state index < -0.39 is 23.8 Å². The van der Waals surface area contributed by atoms with Crippen molar-refractivity contribution in [3.05, 3.63) is 28.0 Å². The lowest BCUT2D eigenvalue weighted by atomic mass is 10.1. The minimum absolute atomic E-state index is 0.262. The van der Waals surface area contributed by atoms with E-state index in [0.29, 0.717) is 0 Å². The smallest absolute Gasteiger partial charge is 0.457 e. The van der Waals surface area contributed by atoms with E-state index in [1.165, 1.54) is 18.4 Å². The molecule has 21 heavy (non-hydrogen) atoms. The number of carbonyl (C=O) groups excluding carboxylic acids is 2. The molecule has 116 valence electrons. The summed E-state index contributed by atoms with van der Waals surface area (Å²) in [7, 11) is 1.21. The molecule has 0 spiro atoms. The van der Waals surface area contributed by atoms with Crippen molar-refractivity contribution in [2.24, 2.45) is 0 Å². The van der Waals surface area contributed by atoms with E-state index in [1.54, 1.807) is 33.8 Å². The Bertz CT molecular complexity index is 511. The largest absolute Gasteiger partial charge is 0.508 e. The van der Waals surface area contributed by atoms with Gasteiger partial charge in [0.25, 0.3) is 0 Å². The molecule has 0 bridgehead atoms. The highest BCUT2D eigenvalue weighted by atomic mass is 32.1. The van der Waals surface area contributed by atoms with E-state index in [0.717, 1.165) is 4.88 Å². The van der Waals surface area contributed by atoms with Crippen LogP contribution in [-0.4, -0.2) is 30.9 Å². The molecule has 0 amide bonds. The van der Waals surface area contributed by atoms with Crippen LogP contribution in [-0.2, 0) is 19.0 Å². The zero-order valence-electron chi connectivity index (χ0n) is 12.8. The lowest BCUT2D eigenvalue weighted by molar-refractivity contribution is -0.150. The zero-order valence-corrected chi connectivity index (χ0v) is 13.7. The molecule has 1 aromatic rings. The van der Waals surface area contributed by atoms with Gasteiger partial charge in [0.05, 0.1) is 12.7 Å². The zero-order chi connectivity index (χ0) is 16.0. The molecule has 0 aliphatic rings. The standard InChI is InChI=1S/C15H20O5S/c1-10(19-14(17)18-5)12(9-11-7-6-8-21-11)13(16)20-15(2,3)4/h6-10H,1-5H3/b12-9+/t10-/m0/s1. The van der Waals surface area contributed by atoms with Crippen LogP contribution in [0, 0.1) is 0 Å². The number of carbonyl (C=O) groups is 2. The van der Waals surface area contributed by atoms with Gasteiger partial charge in [-0.15, -0.1) is 11.3 Å². The Labute approximate surface area is 128 Å². The first-order chi connectivity index (χ1) is 9.73. The van der Waals surface area contributed by atoms with Gasteiger partial charge < -0.3 is 14.2 Å². The number of hydrogen-bond donors (Lipinski definition) is 0. The molecule has 1 atom stereocenters. The van der Waals surface area contributed by atoms with E-state index in [4.69, 9.17) is 9.47 Å². The molecule has 1 heterocycles. The average molecular weight is 312 g/mol. The maximum absolute atomic E-state index is 12.3. The summed E-state index contributed by atoms with van der Waals surface area (Å²) < 4.78 is 14.8. The van der Waals surface area contributed by atoms with Gasteiger partial charge in [0, 0.05) is 4.88 Å². The summed E-state index contributed by atoms with van der Waals surface area (Å²) in [4.78, 5) is 24.4. The second kappa shape index (κ2) is 7.26. The summed E-state index contributed by atoms with van der Waals surface area (Å²) in [5, 5.41) is 1.89. The summed E-state index contributed by atoms with van der Waals surface area (Å²) in [5.74, 6) is -0.521. The molecular formula is C15H20O5S. The molecule has 0 aliphatic heterocycles. The third kappa shape index (κ3) is 5.99. The third-order valence-electron chi connectivity index (χ3n) is 2.35. The Morgan fingerprint density at radius 1 is 1.33 bits per heavy atom. The van der Waals surface area contributed by atoms with Gasteiger partial charge in [0.2, 0.25) is 0 Å². The van der Waals surface area contributed by atoms with Crippen LogP contribution in [0.1, 0.15) is 32.6 Å². The van der Waals surface area contributed by atoms with Crippen LogP contribution in [0.15, 0.2) is 23.1 Å². The second-order valence-corrected chi connectivity index (χ2v) is 6.31. The number of thiophene rings is 1. The summed E-state index contributed by atoms with van der Waals surface area (Å²) >= 11 is 1.47. The Morgan fingerprint density at radius 3 is 2.48 bits per heavy atom. The lowest BCUT2D eigenvalue weighted by Crippen LogP contribution is -2.29. The molecule has 0 fully saturated rings. The molecule has 1 rings (SSSR count). The monoisotopic (exact) mass is 312 g/mol. The van der Waals surface area contributed by atoms with Crippen molar-refractivity contribution in [2.45, 2.75) is 39.4 Å². The topological polar surface area (TPSA) is 61.8 Å². The first-order valence-electron chi connectivity index (χ1n) is 6.46. The van der Waals surface area contributed by atoms with Crippen LogP contribution >= 0.6 is 11.3 Å². The fraction of sp³-hybridized carbons (Fsp3) is 0.467. The number of methoxy groups -OCH3 is 1. The van der Waals surface area contributed by atoms with Crippen molar-refractivity contribution >= 4 is 29.5 Å². The quantitative estimate of drug-likeness (QED) is 0.627. The molecule has 0 N–H and O–H groups in total. The molecule has 0 radical (unpaired) electrons. The molecule has 0 unspecified atom stereocenters. The van der Waals surface area contributed by atoms with Crippen LogP contribution in [0.4, 0.5) is 4.79 Å². The minimum atomic E-state index is -0.844. The molecule has 0 aliphatic carbocycles. The second-order valence-electron chi connectivity index (χ2n) is 5.33. The fourth-order valence-electron chi connectivity index (χ4n) is 1.46. The van der Waals surface area contributed by atoms with Crippen molar-refractivity contribution in [1.82, 2.24) is 0 Å². The Balaban J connectivity index is 3.00. The normalized spacial score (nSPS) is 13.5. The van der Waals surface area contributed by atoms with E-state index in [2.05, 4.69) is 4.74 Å². The van der Waals surface area contributed by atoms with E-state index >= 15 is 0 Å². The van der Waals surface area contributed by atoms with Gasteiger partial charge in [0.15, 0.2) is 0 Å². The van der Waals surface area contributed by atoms with Crippen LogP contribution in [0.2, 0.25) is 0 Å². The van der Waals surface area contributed by atoms with Gasteiger partial charge in [0.1, 0.15) is 11.7 Å². The van der Waals surface area contributed by atoms with Crippen LogP contribution < -0.4 is 0 Å². The van der Waals surface area contributed by atoms with Crippen molar-refractivity contribution in [3.63, 3.8) is 0 Å². The van der Waals surface area contributed by atoms with Gasteiger partial charge in [-0.1, -0.05) is 6.07 Å². The average Bonchev–Trinajstić information content (AvgIpc) is 2.86. The first kappa shape index (κ1) is 17.2. The molecular weight excluding hydrogens is 292 g/mol. The van der Waals surface area contributed by atoms with Crippen molar-refractivity contribution in [2.75, 3.05) is 7.11 Å². The number of hydrogen-bond acceptors (Lipinski definition) is 6. The van der Waals surface area contributed by atoms with E-state index in [1.807, 2.05) is 17.5 Å². The third-order valence-corrected chi connectivity index (χ3v) is 3.17. The SMILES string of the molecule is COC(=O)O[C@@H](C)/C(=C\c1cccs1)C(=O)OC(C)(C)C. The lowest BCUT2D eigenvalue weighted by Gasteiger charge is -2.22. The molecule has 5 nitrogen and oxygen atoms in total. The number of rotatable bonds is 4. The maximum atomic E-state index is 12.3. The van der Waals surface area contributed by atoms with Gasteiger partial charge >= 0.3 is 12.1 Å². The fourth-order valence-corrected chi connectivity index (χ4v) is 2.13. The molecule has 0 saturated heterocycles. The summed E-state index contributed by atoms with van der Waals surface area (Å²) in [6, 6.07) is 3.73. The van der Waals surface area contributed by atoms with Crippen LogP contribution in [0.3, 0.4) is 0 Å². The Kier molecular flexibility index (Phi) is 5.96. The number of ether oxygens (including phenoxy) is 3. The van der Waals surface area contributed by atoms with Crippen molar-refractivity contribution in [1.29, 1.82) is 0 Å². The Morgan fingerprint density at radius 2 is 2.00 bits per heavy atom. The summed E-state index contributed by atoms with van der Waals surface area (Å²) in [6.07, 6.45) is 0.0457. The first-order valence-corrected chi connectivity index (χ1v) is 7.34. The Hall–Kier alpha value is -1.82. The van der Waals surface area contributed by atoms with Crippen LogP contribution in [0.25, 0.3) is 6.08 Å². The van der Waals surface area contributed by atoms with Gasteiger partial charge in [-0.05, 0) is 45.2 Å². The van der Waals surface area contributed by atoms with Gasteiger partial charge in [-0.2, -0.15) is 0 Å². The number of esters is 1. The van der Waals surface area contributed by atoms with E-state index in [-0.39, 0.29) is 5.57 Å². The maximum Gasteiger partial charge on any atom is 0.508 e. The van der Waals surface area contributed by atoms with E-state index in [9.17, 15) is 9.59 Å². The van der Waals surface area contributed by atoms with Gasteiger partial charge in [-0.25, -0.2) is 9.59 Å². The van der Waals surface area contributed by atoms with Crippen LogP contribution in [0.5, 0.6) is 0 Å². The van der Waals surface area contributed by atoms with Crippen molar-refractivity contribution in [3.8, 4) is 0 Å².